The summed E-state index contributed by atoms with van der Waals surface area (Å²) in [6.45, 7) is 6.36. The second-order valence-corrected chi connectivity index (χ2v) is 7.67. The number of quaternary nitrogens is 1. The average molecular weight is 357 g/mol. The first-order valence-electron chi connectivity index (χ1n) is 8.71. The molecule has 1 fully saturated rings. The molecule has 1 heterocycles. The van der Waals surface area contributed by atoms with Crippen LogP contribution in [0.4, 0.5) is 5.69 Å². The zero-order valence-electron chi connectivity index (χ0n) is 14.7. The molecule has 2 aromatic carbocycles. The molecule has 0 aliphatic carbocycles. The summed E-state index contributed by atoms with van der Waals surface area (Å²) >= 11 is 1.66. The number of morpholine rings is 1. The molecule has 0 spiro atoms. The van der Waals surface area contributed by atoms with Gasteiger partial charge in [0.1, 0.15) is 25.3 Å². The molecule has 0 aromatic heterocycles. The van der Waals surface area contributed by atoms with Crippen molar-refractivity contribution in [2.45, 2.75) is 35.8 Å². The number of rotatable bonds is 5. The quantitative estimate of drug-likeness (QED) is 0.864. The molecule has 1 amide bonds. The van der Waals surface area contributed by atoms with Crippen molar-refractivity contribution < 1.29 is 14.4 Å². The fraction of sp³-hybridized carbons (Fsp3) is 0.350. The van der Waals surface area contributed by atoms with E-state index in [1.54, 1.807) is 11.8 Å². The van der Waals surface area contributed by atoms with Crippen molar-refractivity contribution in [3.05, 3.63) is 54.6 Å². The Morgan fingerprint density at radius 3 is 2.44 bits per heavy atom. The van der Waals surface area contributed by atoms with Gasteiger partial charge in [-0.05, 0) is 38.1 Å². The van der Waals surface area contributed by atoms with E-state index in [2.05, 4.69) is 31.3 Å². The van der Waals surface area contributed by atoms with Gasteiger partial charge in [0.2, 0.25) is 0 Å². The van der Waals surface area contributed by atoms with Crippen LogP contribution in [0.3, 0.4) is 0 Å². The van der Waals surface area contributed by atoms with Gasteiger partial charge >= 0.3 is 0 Å². The monoisotopic (exact) mass is 357 g/mol. The lowest BCUT2D eigenvalue weighted by Crippen LogP contribution is -3.16. The molecular formula is C20H25N2O2S+. The summed E-state index contributed by atoms with van der Waals surface area (Å²) in [4.78, 5) is 16.0. The normalized spacial score (nSPS) is 23.2. The standard InChI is InChI=1S/C20H24N2O2S/c1-15-12-22(13-16(2)24-15)14-20(23)21-18-10-6-7-11-19(18)25-17-8-4-3-5-9-17/h3-11,15-16H,12-14H2,1-2H3,(H,21,23)/p+1/t15-,16-/m1/s1. The van der Waals surface area contributed by atoms with Crippen LogP contribution in [0.1, 0.15) is 13.8 Å². The minimum atomic E-state index is 0.0532. The van der Waals surface area contributed by atoms with Gasteiger partial charge in [-0.3, -0.25) is 4.79 Å². The van der Waals surface area contributed by atoms with Crippen molar-refractivity contribution in [1.82, 2.24) is 0 Å². The maximum Gasteiger partial charge on any atom is 0.279 e. The van der Waals surface area contributed by atoms with Crippen molar-refractivity contribution in [2.75, 3.05) is 25.0 Å². The fourth-order valence-electron chi connectivity index (χ4n) is 3.23. The fourth-order valence-corrected chi connectivity index (χ4v) is 4.15. The highest BCUT2D eigenvalue weighted by Crippen LogP contribution is 2.33. The Hall–Kier alpha value is -1.82. The first-order chi connectivity index (χ1) is 12.1. The Labute approximate surface area is 153 Å². The number of para-hydroxylation sites is 1. The van der Waals surface area contributed by atoms with Gasteiger partial charge in [-0.25, -0.2) is 0 Å². The molecule has 0 radical (unpaired) electrons. The highest BCUT2D eigenvalue weighted by atomic mass is 32.2. The summed E-state index contributed by atoms with van der Waals surface area (Å²) in [5.74, 6) is 0.0532. The van der Waals surface area contributed by atoms with Crippen molar-refractivity contribution in [1.29, 1.82) is 0 Å². The third-order valence-corrected chi connectivity index (χ3v) is 5.24. The third kappa shape index (κ3) is 5.33. The maximum absolute atomic E-state index is 12.5. The smallest absolute Gasteiger partial charge is 0.279 e. The van der Waals surface area contributed by atoms with Crippen LogP contribution >= 0.6 is 11.8 Å². The Bertz CT molecular complexity index is 698. The lowest BCUT2D eigenvalue weighted by atomic mass is 10.2. The number of nitrogens with one attached hydrogen (secondary N) is 2. The molecule has 5 heteroatoms. The van der Waals surface area contributed by atoms with Crippen LogP contribution in [0, 0.1) is 0 Å². The minimum absolute atomic E-state index is 0.0532. The summed E-state index contributed by atoms with van der Waals surface area (Å²) in [5.41, 5.74) is 0.870. The van der Waals surface area contributed by atoms with Crippen LogP contribution < -0.4 is 10.2 Å². The van der Waals surface area contributed by atoms with E-state index in [1.165, 1.54) is 4.90 Å². The second-order valence-electron chi connectivity index (χ2n) is 6.55. The SMILES string of the molecule is C[C@@H]1C[NH+](CC(=O)Nc2ccccc2Sc2ccccc2)C[C@@H](C)O1. The van der Waals surface area contributed by atoms with Gasteiger partial charge in [-0.1, -0.05) is 42.1 Å². The molecule has 2 atom stereocenters. The van der Waals surface area contributed by atoms with E-state index in [0.29, 0.717) is 6.54 Å². The molecular weight excluding hydrogens is 332 g/mol. The van der Waals surface area contributed by atoms with Gasteiger partial charge in [0, 0.05) is 9.79 Å². The van der Waals surface area contributed by atoms with E-state index >= 15 is 0 Å². The molecule has 0 saturated carbocycles. The molecule has 132 valence electrons. The molecule has 3 rings (SSSR count). The number of hydrogen-bond acceptors (Lipinski definition) is 3. The molecule has 2 aromatic rings. The third-order valence-electron chi connectivity index (χ3n) is 4.16. The average Bonchev–Trinajstić information content (AvgIpc) is 2.56. The predicted octanol–water partition coefficient (Wildman–Crippen LogP) is 2.47. The zero-order valence-corrected chi connectivity index (χ0v) is 15.5. The highest BCUT2D eigenvalue weighted by molar-refractivity contribution is 7.99. The molecule has 2 N–H and O–H groups in total. The number of carbonyl (C=O) groups is 1. The number of ether oxygens (including phenoxy) is 1. The van der Waals surface area contributed by atoms with Crippen molar-refractivity contribution in [3.63, 3.8) is 0 Å². The van der Waals surface area contributed by atoms with Crippen molar-refractivity contribution in [3.8, 4) is 0 Å². The Kier molecular flexibility index (Phi) is 6.13. The van der Waals surface area contributed by atoms with Crippen molar-refractivity contribution >= 4 is 23.4 Å². The predicted molar refractivity (Wildman–Crippen MR) is 101 cm³/mol. The number of anilines is 1. The maximum atomic E-state index is 12.5. The van der Waals surface area contributed by atoms with Gasteiger partial charge in [-0.2, -0.15) is 0 Å². The van der Waals surface area contributed by atoms with E-state index in [0.717, 1.165) is 28.6 Å². The van der Waals surface area contributed by atoms with E-state index in [4.69, 9.17) is 4.74 Å². The zero-order chi connectivity index (χ0) is 17.6. The van der Waals surface area contributed by atoms with Crippen LogP contribution in [0.15, 0.2) is 64.4 Å². The summed E-state index contributed by atoms with van der Waals surface area (Å²) in [6.07, 6.45) is 0.403. The van der Waals surface area contributed by atoms with Gasteiger partial charge in [-0.15, -0.1) is 0 Å². The Balaban J connectivity index is 1.63. The van der Waals surface area contributed by atoms with Crippen molar-refractivity contribution in [2.24, 2.45) is 0 Å². The molecule has 1 saturated heterocycles. The van der Waals surface area contributed by atoms with E-state index in [1.807, 2.05) is 42.5 Å². The summed E-state index contributed by atoms with van der Waals surface area (Å²) < 4.78 is 5.75. The number of benzene rings is 2. The first-order valence-corrected chi connectivity index (χ1v) is 9.52. The molecule has 4 nitrogen and oxygen atoms in total. The largest absolute Gasteiger partial charge is 0.364 e. The van der Waals surface area contributed by atoms with Gasteiger partial charge in [0.05, 0.1) is 5.69 Å². The first kappa shape index (κ1) is 18.0. The van der Waals surface area contributed by atoms with Gasteiger partial charge in [0.15, 0.2) is 6.54 Å². The molecule has 0 bridgehead atoms. The van der Waals surface area contributed by atoms with E-state index in [-0.39, 0.29) is 18.1 Å². The van der Waals surface area contributed by atoms with Gasteiger partial charge in [0.25, 0.3) is 5.91 Å². The van der Waals surface area contributed by atoms with Crippen LogP contribution in [0.5, 0.6) is 0 Å². The lowest BCUT2D eigenvalue weighted by Gasteiger charge is -2.31. The van der Waals surface area contributed by atoms with Gasteiger partial charge < -0.3 is 15.0 Å². The second kappa shape index (κ2) is 8.52. The summed E-state index contributed by atoms with van der Waals surface area (Å²) in [7, 11) is 0. The lowest BCUT2D eigenvalue weighted by molar-refractivity contribution is -0.907. The topological polar surface area (TPSA) is 42.8 Å². The minimum Gasteiger partial charge on any atom is -0.364 e. The Morgan fingerprint density at radius 2 is 1.72 bits per heavy atom. The molecule has 1 aliphatic heterocycles. The van der Waals surface area contributed by atoms with Crippen LogP contribution in [0.2, 0.25) is 0 Å². The molecule has 1 aliphatic rings. The number of hydrogen-bond donors (Lipinski definition) is 2. The van der Waals surface area contributed by atoms with Crippen LogP contribution in [-0.2, 0) is 9.53 Å². The van der Waals surface area contributed by atoms with Crippen LogP contribution in [-0.4, -0.2) is 37.7 Å². The van der Waals surface area contributed by atoms with E-state index < -0.39 is 0 Å². The number of amides is 1. The molecule has 25 heavy (non-hydrogen) atoms. The summed E-state index contributed by atoms with van der Waals surface area (Å²) in [5, 5.41) is 3.09. The van der Waals surface area contributed by atoms with Crippen LogP contribution in [0.25, 0.3) is 0 Å². The van der Waals surface area contributed by atoms with E-state index in [9.17, 15) is 4.79 Å². The highest BCUT2D eigenvalue weighted by Gasteiger charge is 2.27. The number of carbonyl (C=O) groups excluding carboxylic acids is 1. The Morgan fingerprint density at radius 1 is 1.08 bits per heavy atom. The summed E-state index contributed by atoms with van der Waals surface area (Å²) in [6, 6.07) is 18.1. The molecule has 0 unspecified atom stereocenters.